The lowest BCUT2D eigenvalue weighted by molar-refractivity contribution is 0.332. The van der Waals surface area contributed by atoms with Crippen LogP contribution < -0.4 is 0 Å². The summed E-state index contributed by atoms with van der Waals surface area (Å²) < 4.78 is 0. The van der Waals surface area contributed by atoms with Crippen molar-refractivity contribution in [1.82, 2.24) is 9.88 Å². The summed E-state index contributed by atoms with van der Waals surface area (Å²) in [4.78, 5) is 7.81. The molecule has 0 radical (unpaired) electrons. The summed E-state index contributed by atoms with van der Waals surface area (Å²) in [5.41, 5.74) is 1.27. The lowest BCUT2D eigenvalue weighted by Crippen LogP contribution is -2.20. The fourth-order valence-electron chi connectivity index (χ4n) is 3.29. The molecule has 0 N–H and O–H groups in total. The fourth-order valence-corrected chi connectivity index (χ4v) is 5.04. The van der Waals surface area contributed by atoms with E-state index < -0.39 is 0 Å². The SMILES string of the molecule is Clc1cccc(CN2CC[C@H](Sc3cc4ccncc4cc3Cl)C2)c1. The molecule has 1 saturated heterocycles. The molecule has 2 aromatic carbocycles. The maximum absolute atomic E-state index is 6.49. The van der Waals surface area contributed by atoms with Gasteiger partial charge in [0.25, 0.3) is 0 Å². The van der Waals surface area contributed by atoms with Crippen molar-refractivity contribution in [2.75, 3.05) is 13.1 Å². The number of hydrogen-bond donors (Lipinski definition) is 0. The molecular weight excluding hydrogens is 371 g/mol. The summed E-state index contributed by atoms with van der Waals surface area (Å²) in [6.07, 6.45) is 4.86. The van der Waals surface area contributed by atoms with E-state index in [4.69, 9.17) is 23.2 Å². The Morgan fingerprint density at radius 3 is 2.92 bits per heavy atom. The maximum Gasteiger partial charge on any atom is 0.0548 e. The Morgan fingerprint density at radius 2 is 2.04 bits per heavy atom. The lowest BCUT2D eigenvalue weighted by atomic mass is 10.2. The smallest absolute Gasteiger partial charge is 0.0548 e. The summed E-state index contributed by atoms with van der Waals surface area (Å²) in [5, 5.41) is 4.47. The number of fused-ring (bicyclic) bond motifs is 1. The number of hydrogen-bond acceptors (Lipinski definition) is 3. The monoisotopic (exact) mass is 388 g/mol. The van der Waals surface area contributed by atoms with Gasteiger partial charge in [0.1, 0.15) is 0 Å². The van der Waals surface area contributed by atoms with Gasteiger partial charge in [-0.15, -0.1) is 11.8 Å². The second-order valence-corrected chi connectivity index (χ2v) is 8.58. The van der Waals surface area contributed by atoms with Crippen LogP contribution in [0.15, 0.2) is 59.8 Å². The Kier molecular flexibility index (Phi) is 5.18. The van der Waals surface area contributed by atoms with Crippen LogP contribution in [0.3, 0.4) is 0 Å². The van der Waals surface area contributed by atoms with Gasteiger partial charge in [-0.05, 0) is 54.2 Å². The molecule has 0 aliphatic carbocycles. The van der Waals surface area contributed by atoms with Crippen molar-refractivity contribution < 1.29 is 0 Å². The third-order valence-electron chi connectivity index (χ3n) is 4.51. The molecule has 0 spiro atoms. The highest BCUT2D eigenvalue weighted by molar-refractivity contribution is 8.00. The predicted molar refractivity (Wildman–Crippen MR) is 108 cm³/mol. The summed E-state index contributed by atoms with van der Waals surface area (Å²) >= 11 is 14.5. The Labute approximate surface area is 162 Å². The topological polar surface area (TPSA) is 16.1 Å². The number of benzene rings is 2. The molecule has 3 aromatic rings. The lowest BCUT2D eigenvalue weighted by Gasteiger charge is -2.16. The van der Waals surface area contributed by atoms with Gasteiger partial charge in [-0.1, -0.05) is 35.3 Å². The maximum atomic E-state index is 6.49. The Balaban J connectivity index is 1.43. The summed E-state index contributed by atoms with van der Waals surface area (Å²) in [6, 6.07) is 14.4. The molecule has 0 amide bonds. The average Bonchev–Trinajstić information content (AvgIpc) is 3.02. The van der Waals surface area contributed by atoms with E-state index in [1.807, 2.05) is 48.4 Å². The van der Waals surface area contributed by atoms with Crippen molar-refractivity contribution in [3.8, 4) is 0 Å². The molecule has 5 heteroatoms. The summed E-state index contributed by atoms with van der Waals surface area (Å²) in [6.45, 7) is 3.13. The normalized spacial score (nSPS) is 18.1. The second-order valence-electron chi connectivity index (χ2n) is 6.40. The average molecular weight is 389 g/mol. The second kappa shape index (κ2) is 7.55. The molecule has 1 aromatic heterocycles. The van der Waals surface area contributed by atoms with E-state index in [1.54, 1.807) is 0 Å². The molecule has 0 bridgehead atoms. The van der Waals surface area contributed by atoms with E-state index >= 15 is 0 Å². The van der Waals surface area contributed by atoms with Gasteiger partial charge in [0.2, 0.25) is 0 Å². The highest BCUT2D eigenvalue weighted by Crippen LogP contribution is 2.37. The molecule has 4 rings (SSSR count). The number of likely N-dealkylation sites (tertiary alicyclic amines) is 1. The first kappa shape index (κ1) is 17.2. The van der Waals surface area contributed by atoms with Crippen LogP contribution in [0, 0.1) is 0 Å². The molecule has 1 fully saturated rings. The first-order chi connectivity index (χ1) is 12.2. The number of aromatic nitrogens is 1. The number of halogens is 2. The van der Waals surface area contributed by atoms with Gasteiger partial charge in [-0.25, -0.2) is 0 Å². The van der Waals surface area contributed by atoms with E-state index in [0.29, 0.717) is 5.25 Å². The largest absolute Gasteiger partial charge is 0.298 e. The number of thioether (sulfide) groups is 1. The molecule has 128 valence electrons. The highest BCUT2D eigenvalue weighted by atomic mass is 35.5. The summed E-state index contributed by atoms with van der Waals surface area (Å²) in [5.74, 6) is 0. The minimum absolute atomic E-state index is 0.566. The van der Waals surface area contributed by atoms with Crippen molar-refractivity contribution in [1.29, 1.82) is 0 Å². The van der Waals surface area contributed by atoms with Crippen molar-refractivity contribution in [2.24, 2.45) is 0 Å². The first-order valence-electron chi connectivity index (χ1n) is 8.34. The van der Waals surface area contributed by atoms with Gasteiger partial charge >= 0.3 is 0 Å². The third-order valence-corrected chi connectivity index (χ3v) is 6.48. The van der Waals surface area contributed by atoms with Crippen LogP contribution >= 0.6 is 35.0 Å². The standard InChI is InChI=1S/C20H18Cl2N2S/c21-17-3-1-2-14(8-17)12-24-7-5-18(13-24)25-20-10-15-4-6-23-11-16(15)9-19(20)22/h1-4,6,8-11,18H,5,7,12-13H2/t18-/m0/s1. The zero-order valence-corrected chi connectivity index (χ0v) is 16.0. The zero-order chi connectivity index (χ0) is 17.2. The van der Waals surface area contributed by atoms with E-state index in [-0.39, 0.29) is 0 Å². The molecule has 1 aliphatic rings. The van der Waals surface area contributed by atoms with Crippen molar-refractivity contribution in [3.05, 3.63) is 70.5 Å². The summed E-state index contributed by atoms with van der Waals surface area (Å²) in [7, 11) is 0. The molecule has 1 atom stereocenters. The van der Waals surface area contributed by atoms with E-state index in [0.717, 1.165) is 40.0 Å². The minimum Gasteiger partial charge on any atom is -0.298 e. The minimum atomic E-state index is 0.566. The Hall–Kier alpha value is -1.26. The molecule has 1 aliphatic heterocycles. The van der Waals surface area contributed by atoms with Crippen molar-refractivity contribution in [2.45, 2.75) is 23.1 Å². The fraction of sp³-hybridized carbons (Fsp3) is 0.250. The van der Waals surface area contributed by atoms with Gasteiger partial charge in [-0.2, -0.15) is 0 Å². The van der Waals surface area contributed by atoms with Gasteiger partial charge in [-0.3, -0.25) is 9.88 Å². The van der Waals surface area contributed by atoms with Crippen molar-refractivity contribution in [3.63, 3.8) is 0 Å². The van der Waals surface area contributed by atoms with Crippen LogP contribution in [0.4, 0.5) is 0 Å². The van der Waals surface area contributed by atoms with Crippen LogP contribution in [0.5, 0.6) is 0 Å². The van der Waals surface area contributed by atoms with E-state index in [9.17, 15) is 0 Å². The molecular formula is C20H18Cl2N2S. The van der Waals surface area contributed by atoms with Crippen LogP contribution in [0.1, 0.15) is 12.0 Å². The predicted octanol–water partition coefficient (Wildman–Crippen LogP) is 5.91. The van der Waals surface area contributed by atoms with E-state index in [1.165, 1.54) is 17.4 Å². The van der Waals surface area contributed by atoms with Crippen molar-refractivity contribution >= 4 is 45.7 Å². The van der Waals surface area contributed by atoms with Crippen LogP contribution in [0.2, 0.25) is 10.0 Å². The van der Waals surface area contributed by atoms with Gasteiger partial charge in [0.05, 0.1) is 5.02 Å². The van der Waals surface area contributed by atoms with Crippen LogP contribution in [0.25, 0.3) is 10.8 Å². The molecule has 2 heterocycles. The molecule has 25 heavy (non-hydrogen) atoms. The quantitative estimate of drug-likeness (QED) is 0.552. The Morgan fingerprint density at radius 1 is 1.12 bits per heavy atom. The number of nitrogens with zero attached hydrogens (tertiary/aromatic N) is 2. The number of rotatable bonds is 4. The molecule has 0 unspecified atom stereocenters. The third kappa shape index (κ3) is 4.12. The number of pyridine rings is 1. The Bertz CT molecular complexity index is 900. The van der Waals surface area contributed by atoms with Crippen LogP contribution in [-0.4, -0.2) is 28.2 Å². The molecule has 2 nitrogen and oxygen atoms in total. The van der Waals surface area contributed by atoms with Gasteiger partial charge in [0, 0.05) is 46.0 Å². The molecule has 0 saturated carbocycles. The first-order valence-corrected chi connectivity index (χ1v) is 9.98. The van der Waals surface area contributed by atoms with E-state index in [2.05, 4.69) is 28.1 Å². The van der Waals surface area contributed by atoms with Gasteiger partial charge in [0.15, 0.2) is 0 Å². The zero-order valence-electron chi connectivity index (χ0n) is 13.7. The highest BCUT2D eigenvalue weighted by Gasteiger charge is 2.24. The van der Waals surface area contributed by atoms with Crippen LogP contribution in [-0.2, 0) is 6.54 Å². The van der Waals surface area contributed by atoms with Gasteiger partial charge < -0.3 is 0 Å².